The van der Waals surface area contributed by atoms with Gasteiger partial charge in [0.1, 0.15) is 5.82 Å². The van der Waals surface area contributed by atoms with Crippen LogP contribution < -0.4 is 19.5 Å². The van der Waals surface area contributed by atoms with Gasteiger partial charge in [-0.1, -0.05) is 18.2 Å². The van der Waals surface area contributed by atoms with Crippen molar-refractivity contribution in [2.45, 2.75) is 6.54 Å². The van der Waals surface area contributed by atoms with Crippen molar-refractivity contribution in [1.29, 1.82) is 0 Å². The van der Waals surface area contributed by atoms with Crippen molar-refractivity contribution in [3.05, 3.63) is 53.8 Å². The van der Waals surface area contributed by atoms with E-state index >= 15 is 0 Å². The van der Waals surface area contributed by atoms with Crippen LogP contribution in [0, 0.1) is 5.82 Å². The number of rotatable bonds is 7. The maximum atomic E-state index is 12.8. The minimum atomic E-state index is -0.313. The van der Waals surface area contributed by atoms with E-state index in [1.165, 1.54) is 26.4 Å². The maximum Gasteiger partial charge on any atom is 0.258 e. The smallest absolute Gasteiger partial charge is 0.258 e. The fourth-order valence-corrected chi connectivity index (χ4v) is 1.95. The number of hydrogen-bond acceptors (Lipinski definition) is 4. The molecule has 0 saturated heterocycles. The van der Waals surface area contributed by atoms with Crippen LogP contribution in [-0.4, -0.2) is 26.7 Å². The molecule has 2 aromatic rings. The molecule has 1 amide bonds. The monoisotopic (exact) mass is 319 g/mol. The van der Waals surface area contributed by atoms with Gasteiger partial charge in [-0.3, -0.25) is 4.79 Å². The Hall–Kier alpha value is -2.76. The molecule has 0 unspecified atom stereocenters. The summed E-state index contributed by atoms with van der Waals surface area (Å²) in [5.74, 6) is 0.717. The second-order valence-electron chi connectivity index (χ2n) is 4.68. The minimum Gasteiger partial charge on any atom is -0.493 e. The van der Waals surface area contributed by atoms with E-state index in [0.717, 1.165) is 5.56 Å². The number of nitrogens with one attached hydrogen (secondary N) is 1. The highest BCUT2D eigenvalue weighted by atomic mass is 19.1. The van der Waals surface area contributed by atoms with Crippen molar-refractivity contribution in [2.75, 3.05) is 20.8 Å². The van der Waals surface area contributed by atoms with Crippen molar-refractivity contribution < 1.29 is 23.4 Å². The van der Waals surface area contributed by atoms with E-state index in [1.54, 1.807) is 30.3 Å². The molecule has 0 fully saturated rings. The number of carbonyl (C=O) groups is 1. The van der Waals surface area contributed by atoms with Gasteiger partial charge < -0.3 is 19.5 Å². The molecule has 0 aliphatic carbocycles. The van der Waals surface area contributed by atoms with E-state index < -0.39 is 0 Å². The summed E-state index contributed by atoms with van der Waals surface area (Å²) in [7, 11) is 3.02. The highest BCUT2D eigenvalue weighted by Crippen LogP contribution is 2.36. The third kappa shape index (κ3) is 4.60. The molecule has 0 spiro atoms. The third-order valence-corrected chi connectivity index (χ3v) is 3.13. The highest BCUT2D eigenvalue weighted by molar-refractivity contribution is 5.77. The van der Waals surface area contributed by atoms with Crippen molar-refractivity contribution in [3.8, 4) is 17.2 Å². The fraction of sp³-hybridized carbons (Fsp3) is 0.235. The molecule has 23 heavy (non-hydrogen) atoms. The van der Waals surface area contributed by atoms with Crippen LogP contribution in [-0.2, 0) is 11.3 Å². The van der Waals surface area contributed by atoms with Gasteiger partial charge in [-0.05, 0) is 29.8 Å². The first-order valence-electron chi connectivity index (χ1n) is 6.99. The van der Waals surface area contributed by atoms with Gasteiger partial charge in [-0.15, -0.1) is 0 Å². The lowest BCUT2D eigenvalue weighted by atomic mass is 10.2. The summed E-state index contributed by atoms with van der Waals surface area (Å²) in [4.78, 5) is 11.9. The van der Waals surface area contributed by atoms with Gasteiger partial charge in [0, 0.05) is 6.54 Å². The molecule has 0 radical (unpaired) electrons. The van der Waals surface area contributed by atoms with Crippen molar-refractivity contribution in [1.82, 2.24) is 5.32 Å². The van der Waals surface area contributed by atoms with Gasteiger partial charge in [-0.25, -0.2) is 4.39 Å². The van der Waals surface area contributed by atoms with Crippen LogP contribution in [0.25, 0.3) is 0 Å². The third-order valence-electron chi connectivity index (χ3n) is 3.13. The average Bonchev–Trinajstić information content (AvgIpc) is 2.59. The Morgan fingerprint density at radius 3 is 2.22 bits per heavy atom. The SMILES string of the molecule is COc1cccc(OC)c1OCC(=O)NCc1ccc(F)cc1. The number of ether oxygens (including phenoxy) is 3. The topological polar surface area (TPSA) is 56.8 Å². The summed E-state index contributed by atoms with van der Waals surface area (Å²) in [6.45, 7) is 0.115. The Morgan fingerprint density at radius 2 is 1.65 bits per heavy atom. The van der Waals surface area contributed by atoms with Gasteiger partial charge >= 0.3 is 0 Å². The Bertz CT molecular complexity index is 636. The van der Waals surface area contributed by atoms with E-state index in [2.05, 4.69) is 5.32 Å². The molecule has 0 atom stereocenters. The zero-order chi connectivity index (χ0) is 16.7. The lowest BCUT2D eigenvalue weighted by Gasteiger charge is -2.14. The molecular formula is C17H18FNO4. The summed E-state index contributed by atoms with van der Waals surface area (Å²) >= 11 is 0. The molecule has 122 valence electrons. The first kappa shape index (κ1) is 16.6. The van der Waals surface area contributed by atoms with E-state index in [1.807, 2.05) is 0 Å². The van der Waals surface area contributed by atoms with Gasteiger partial charge in [0.05, 0.1) is 14.2 Å². The van der Waals surface area contributed by atoms with E-state index in [4.69, 9.17) is 14.2 Å². The molecule has 5 nitrogen and oxygen atoms in total. The van der Waals surface area contributed by atoms with Crippen LogP contribution in [0.3, 0.4) is 0 Å². The Kier molecular flexibility index (Phi) is 5.80. The van der Waals surface area contributed by atoms with Gasteiger partial charge in [-0.2, -0.15) is 0 Å². The standard InChI is InChI=1S/C17H18FNO4/c1-21-14-4-3-5-15(22-2)17(14)23-11-16(20)19-10-12-6-8-13(18)9-7-12/h3-9H,10-11H2,1-2H3,(H,19,20). The van der Waals surface area contributed by atoms with E-state index in [0.29, 0.717) is 23.8 Å². The zero-order valence-electron chi connectivity index (χ0n) is 13.0. The molecule has 2 aromatic carbocycles. The quantitative estimate of drug-likeness (QED) is 0.852. The second kappa shape index (κ2) is 8.03. The molecule has 2 rings (SSSR count). The van der Waals surface area contributed by atoms with Crippen LogP contribution >= 0.6 is 0 Å². The number of amides is 1. The molecule has 0 bridgehead atoms. The van der Waals surface area contributed by atoms with E-state index in [-0.39, 0.29) is 18.3 Å². The van der Waals surface area contributed by atoms with Crippen LogP contribution in [0.15, 0.2) is 42.5 Å². The van der Waals surface area contributed by atoms with Gasteiger partial charge in [0.15, 0.2) is 18.1 Å². The second-order valence-corrected chi connectivity index (χ2v) is 4.68. The van der Waals surface area contributed by atoms with Crippen LogP contribution in [0.5, 0.6) is 17.2 Å². The minimum absolute atomic E-state index is 0.183. The largest absolute Gasteiger partial charge is 0.493 e. The van der Waals surface area contributed by atoms with Crippen molar-refractivity contribution >= 4 is 5.91 Å². The fourth-order valence-electron chi connectivity index (χ4n) is 1.95. The number of para-hydroxylation sites is 1. The number of hydrogen-bond donors (Lipinski definition) is 1. The first-order valence-corrected chi connectivity index (χ1v) is 6.99. The van der Waals surface area contributed by atoms with E-state index in [9.17, 15) is 9.18 Å². The average molecular weight is 319 g/mol. The molecule has 0 aromatic heterocycles. The predicted molar refractivity (Wildman–Crippen MR) is 83.3 cm³/mol. The lowest BCUT2D eigenvalue weighted by molar-refractivity contribution is -0.123. The Labute approximate surface area is 134 Å². The molecule has 1 N–H and O–H groups in total. The summed E-state index contributed by atoms with van der Waals surface area (Å²) in [5.41, 5.74) is 0.801. The van der Waals surface area contributed by atoms with Crippen molar-refractivity contribution in [3.63, 3.8) is 0 Å². The molecule has 6 heteroatoms. The highest BCUT2D eigenvalue weighted by Gasteiger charge is 2.13. The maximum absolute atomic E-state index is 12.8. The number of benzene rings is 2. The summed E-state index contributed by atoms with van der Waals surface area (Å²) < 4.78 is 28.7. The summed E-state index contributed by atoms with van der Waals surface area (Å²) in [6, 6.07) is 11.1. The normalized spacial score (nSPS) is 10.0. The van der Waals surface area contributed by atoms with Crippen LogP contribution in [0.1, 0.15) is 5.56 Å². The molecule has 0 saturated carbocycles. The Balaban J connectivity index is 1.90. The molecule has 0 heterocycles. The molecular weight excluding hydrogens is 301 g/mol. The van der Waals surface area contributed by atoms with Gasteiger partial charge in [0.2, 0.25) is 5.75 Å². The van der Waals surface area contributed by atoms with Crippen LogP contribution in [0.4, 0.5) is 4.39 Å². The summed E-state index contributed by atoms with van der Waals surface area (Å²) in [5, 5.41) is 2.70. The van der Waals surface area contributed by atoms with Crippen molar-refractivity contribution in [2.24, 2.45) is 0 Å². The Morgan fingerprint density at radius 1 is 1.04 bits per heavy atom. The van der Waals surface area contributed by atoms with Crippen LogP contribution in [0.2, 0.25) is 0 Å². The predicted octanol–water partition coefficient (Wildman–Crippen LogP) is 2.54. The number of methoxy groups -OCH3 is 2. The van der Waals surface area contributed by atoms with Gasteiger partial charge in [0.25, 0.3) is 5.91 Å². The molecule has 0 aliphatic rings. The summed E-state index contributed by atoms with van der Waals surface area (Å²) in [6.07, 6.45) is 0. The lowest BCUT2D eigenvalue weighted by Crippen LogP contribution is -2.28. The zero-order valence-corrected chi connectivity index (χ0v) is 13.0. The first-order chi connectivity index (χ1) is 11.1. The number of halogens is 1. The number of carbonyl (C=O) groups excluding carboxylic acids is 1. The molecule has 0 aliphatic heterocycles.